The highest BCUT2D eigenvalue weighted by Gasteiger charge is 2.21. The molecule has 0 aromatic carbocycles. The zero-order valence-corrected chi connectivity index (χ0v) is 12.7. The third kappa shape index (κ3) is 4.00. The van der Waals surface area contributed by atoms with E-state index in [9.17, 15) is 4.79 Å². The molecule has 0 bridgehead atoms. The van der Waals surface area contributed by atoms with Crippen molar-refractivity contribution in [3.8, 4) is 11.5 Å². The van der Waals surface area contributed by atoms with Crippen LogP contribution in [0.4, 0.5) is 10.6 Å². The average molecular weight is 293 g/mol. The molecule has 1 N–H and O–H groups in total. The summed E-state index contributed by atoms with van der Waals surface area (Å²) in [6, 6.07) is 1.66. The number of pyridine rings is 1. The van der Waals surface area contributed by atoms with Gasteiger partial charge in [-0.25, -0.2) is 9.78 Å². The van der Waals surface area contributed by atoms with Crippen molar-refractivity contribution in [3.05, 3.63) is 12.3 Å². The van der Waals surface area contributed by atoms with Gasteiger partial charge >= 0.3 is 6.03 Å². The maximum absolute atomic E-state index is 11.9. The SMILES string of the molecule is CCCCCOc1cc(N2CCCNC2=O)ncc1OC. The van der Waals surface area contributed by atoms with Crippen molar-refractivity contribution in [1.82, 2.24) is 10.3 Å². The Balaban J connectivity index is 2.10. The number of carbonyl (C=O) groups excluding carboxylic acids is 1. The third-order valence-electron chi connectivity index (χ3n) is 3.40. The zero-order valence-electron chi connectivity index (χ0n) is 12.7. The molecule has 1 aromatic heterocycles. The van der Waals surface area contributed by atoms with Gasteiger partial charge in [-0.3, -0.25) is 4.90 Å². The van der Waals surface area contributed by atoms with E-state index in [-0.39, 0.29) is 6.03 Å². The lowest BCUT2D eigenvalue weighted by molar-refractivity contribution is 0.242. The van der Waals surface area contributed by atoms with Crippen LogP contribution in [0.15, 0.2) is 12.3 Å². The number of nitrogens with zero attached hydrogens (tertiary/aromatic N) is 2. The first kappa shape index (κ1) is 15.4. The second kappa shape index (κ2) is 7.71. The Kier molecular flexibility index (Phi) is 5.66. The highest BCUT2D eigenvalue weighted by Crippen LogP contribution is 2.30. The summed E-state index contributed by atoms with van der Waals surface area (Å²) in [6.45, 7) is 4.17. The van der Waals surface area contributed by atoms with Crippen LogP contribution in [0.5, 0.6) is 11.5 Å². The molecule has 1 aromatic rings. The molecule has 116 valence electrons. The minimum Gasteiger partial charge on any atom is -0.491 e. The molecule has 0 radical (unpaired) electrons. The molecule has 0 spiro atoms. The van der Waals surface area contributed by atoms with E-state index < -0.39 is 0 Å². The topological polar surface area (TPSA) is 63.7 Å². The number of anilines is 1. The molecule has 2 heterocycles. The maximum atomic E-state index is 11.9. The first-order valence-corrected chi connectivity index (χ1v) is 7.48. The van der Waals surface area contributed by atoms with Crippen LogP contribution in [0.25, 0.3) is 0 Å². The van der Waals surface area contributed by atoms with E-state index in [0.29, 0.717) is 37.0 Å². The fourth-order valence-electron chi connectivity index (χ4n) is 2.21. The van der Waals surface area contributed by atoms with Crippen molar-refractivity contribution in [2.24, 2.45) is 0 Å². The van der Waals surface area contributed by atoms with Gasteiger partial charge in [0.2, 0.25) is 0 Å². The Bertz CT molecular complexity index is 479. The molecular formula is C15H23N3O3. The summed E-state index contributed by atoms with van der Waals surface area (Å²) in [5, 5.41) is 2.81. The predicted molar refractivity (Wildman–Crippen MR) is 81.2 cm³/mol. The fourth-order valence-corrected chi connectivity index (χ4v) is 2.21. The number of methoxy groups -OCH3 is 1. The molecule has 1 aliphatic rings. The van der Waals surface area contributed by atoms with Crippen molar-refractivity contribution in [1.29, 1.82) is 0 Å². The first-order valence-electron chi connectivity index (χ1n) is 7.48. The van der Waals surface area contributed by atoms with Gasteiger partial charge in [-0.1, -0.05) is 19.8 Å². The number of carbonyl (C=O) groups is 1. The molecule has 1 aliphatic heterocycles. The maximum Gasteiger partial charge on any atom is 0.323 e. The van der Waals surface area contributed by atoms with E-state index in [2.05, 4.69) is 17.2 Å². The van der Waals surface area contributed by atoms with Crippen LogP contribution in [-0.2, 0) is 0 Å². The second-order valence-electron chi connectivity index (χ2n) is 4.99. The average Bonchev–Trinajstić information content (AvgIpc) is 2.52. The van der Waals surface area contributed by atoms with Gasteiger partial charge in [0, 0.05) is 19.2 Å². The van der Waals surface area contributed by atoms with Crippen LogP contribution in [0.2, 0.25) is 0 Å². The number of ether oxygens (including phenoxy) is 2. The molecular weight excluding hydrogens is 270 g/mol. The van der Waals surface area contributed by atoms with E-state index in [1.165, 1.54) is 0 Å². The minimum atomic E-state index is -0.115. The summed E-state index contributed by atoms with van der Waals surface area (Å²) >= 11 is 0. The first-order chi connectivity index (χ1) is 10.3. The molecule has 0 saturated carbocycles. The Morgan fingerprint density at radius 2 is 2.24 bits per heavy atom. The number of amides is 2. The molecule has 6 heteroatoms. The molecule has 1 fully saturated rings. The summed E-state index contributed by atoms with van der Waals surface area (Å²) in [4.78, 5) is 17.8. The van der Waals surface area contributed by atoms with E-state index >= 15 is 0 Å². The summed E-state index contributed by atoms with van der Waals surface area (Å²) in [5.41, 5.74) is 0. The number of aromatic nitrogens is 1. The van der Waals surface area contributed by atoms with Crippen LogP contribution in [0, 0.1) is 0 Å². The fraction of sp³-hybridized carbons (Fsp3) is 0.600. The van der Waals surface area contributed by atoms with Gasteiger partial charge in [-0.05, 0) is 12.8 Å². The van der Waals surface area contributed by atoms with Crippen LogP contribution < -0.4 is 19.7 Å². The van der Waals surface area contributed by atoms with Crippen LogP contribution >= 0.6 is 0 Å². The smallest absolute Gasteiger partial charge is 0.323 e. The molecule has 6 nitrogen and oxygen atoms in total. The predicted octanol–water partition coefficient (Wildman–Crippen LogP) is 2.58. The van der Waals surface area contributed by atoms with Gasteiger partial charge < -0.3 is 14.8 Å². The minimum absolute atomic E-state index is 0.115. The summed E-state index contributed by atoms with van der Waals surface area (Å²) in [5.74, 6) is 1.82. The lowest BCUT2D eigenvalue weighted by Crippen LogP contribution is -2.46. The van der Waals surface area contributed by atoms with Crippen LogP contribution in [0.3, 0.4) is 0 Å². The van der Waals surface area contributed by atoms with Gasteiger partial charge in [-0.2, -0.15) is 0 Å². The monoisotopic (exact) mass is 293 g/mol. The van der Waals surface area contributed by atoms with E-state index in [1.54, 1.807) is 24.3 Å². The molecule has 0 unspecified atom stereocenters. The van der Waals surface area contributed by atoms with E-state index in [4.69, 9.17) is 9.47 Å². The van der Waals surface area contributed by atoms with Crippen molar-refractivity contribution < 1.29 is 14.3 Å². The number of urea groups is 1. The third-order valence-corrected chi connectivity index (χ3v) is 3.40. The van der Waals surface area contributed by atoms with Crippen molar-refractivity contribution >= 4 is 11.8 Å². The Morgan fingerprint density at radius 1 is 1.38 bits per heavy atom. The molecule has 2 amide bonds. The highest BCUT2D eigenvalue weighted by atomic mass is 16.5. The zero-order chi connectivity index (χ0) is 15.1. The molecule has 1 saturated heterocycles. The quantitative estimate of drug-likeness (QED) is 0.785. The van der Waals surface area contributed by atoms with Crippen LogP contribution in [-0.4, -0.2) is 37.8 Å². The van der Waals surface area contributed by atoms with E-state index in [0.717, 1.165) is 25.7 Å². The van der Waals surface area contributed by atoms with Crippen molar-refractivity contribution in [2.45, 2.75) is 32.6 Å². The van der Waals surface area contributed by atoms with Gasteiger partial charge in [0.15, 0.2) is 11.5 Å². The standard InChI is InChI=1S/C15H23N3O3/c1-3-4-5-9-21-12-10-14(17-11-13(12)20-2)18-8-6-7-16-15(18)19/h10-11H,3-9H2,1-2H3,(H,16,19). The summed E-state index contributed by atoms with van der Waals surface area (Å²) in [7, 11) is 1.59. The van der Waals surface area contributed by atoms with Gasteiger partial charge in [-0.15, -0.1) is 0 Å². The van der Waals surface area contributed by atoms with Crippen LogP contribution in [0.1, 0.15) is 32.6 Å². The Morgan fingerprint density at radius 3 is 2.95 bits per heavy atom. The normalized spacial score (nSPS) is 14.8. The van der Waals surface area contributed by atoms with Gasteiger partial charge in [0.1, 0.15) is 5.82 Å². The van der Waals surface area contributed by atoms with Gasteiger partial charge in [0.05, 0.1) is 19.9 Å². The number of nitrogens with one attached hydrogen (secondary N) is 1. The highest BCUT2D eigenvalue weighted by molar-refractivity contribution is 5.91. The molecule has 0 atom stereocenters. The largest absolute Gasteiger partial charge is 0.491 e. The number of unbranched alkanes of at least 4 members (excludes halogenated alkanes) is 2. The number of rotatable bonds is 7. The van der Waals surface area contributed by atoms with Crippen molar-refractivity contribution in [3.63, 3.8) is 0 Å². The number of hydrogen-bond donors (Lipinski definition) is 1. The second-order valence-corrected chi connectivity index (χ2v) is 4.99. The Labute approximate surface area is 125 Å². The van der Waals surface area contributed by atoms with Gasteiger partial charge in [0.25, 0.3) is 0 Å². The lowest BCUT2D eigenvalue weighted by atomic mass is 10.2. The Hall–Kier alpha value is -1.98. The van der Waals surface area contributed by atoms with E-state index in [1.807, 2.05) is 0 Å². The molecule has 0 aliphatic carbocycles. The van der Waals surface area contributed by atoms with Crippen molar-refractivity contribution in [2.75, 3.05) is 31.7 Å². The molecule has 2 rings (SSSR count). The summed E-state index contributed by atoms with van der Waals surface area (Å²) in [6.07, 6.45) is 5.80. The number of hydrogen-bond acceptors (Lipinski definition) is 4. The molecule has 21 heavy (non-hydrogen) atoms. The lowest BCUT2D eigenvalue weighted by Gasteiger charge is -2.27. The summed E-state index contributed by atoms with van der Waals surface area (Å²) < 4.78 is 11.0.